The lowest BCUT2D eigenvalue weighted by Gasteiger charge is -2.38. The number of benzene rings is 4. The number of phenols is 1. The van der Waals surface area contributed by atoms with Gasteiger partial charge >= 0.3 is 17.7 Å². The number of rotatable bonds is 13. The molecule has 0 bridgehead atoms. The maximum Gasteiger partial charge on any atom is 0.338 e. The number of nitrogens with zero attached hydrogens (tertiary/aromatic N) is 8. The number of fused-ring (bicyclic) bond motifs is 4. The molecule has 0 radical (unpaired) electrons. The number of phenolic OH excluding ortho intramolecular Hbond substituents is 1. The first-order chi connectivity index (χ1) is 38.1. The fourth-order valence-corrected chi connectivity index (χ4v) is 13.5. The molecule has 79 heavy (non-hydrogen) atoms. The van der Waals surface area contributed by atoms with E-state index in [-0.39, 0.29) is 83.9 Å². The number of aryl methyl sites for hydroxylation is 2. The van der Waals surface area contributed by atoms with Gasteiger partial charge in [0.1, 0.15) is 47.9 Å². The van der Waals surface area contributed by atoms with Gasteiger partial charge in [-0.3, -0.25) is 38.8 Å². The minimum atomic E-state index is -1.01. The largest absolute Gasteiger partial charge is 0.508 e. The highest BCUT2D eigenvalue weighted by Gasteiger charge is 2.50. The van der Waals surface area contributed by atoms with E-state index in [0.717, 1.165) is 81.3 Å². The van der Waals surface area contributed by atoms with Crippen molar-refractivity contribution < 1.29 is 42.9 Å². The number of pyridine rings is 1. The number of imide groups is 1. The van der Waals surface area contributed by atoms with Crippen molar-refractivity contribution >= 4 is 56.3 Å². The SMILES string of the molecule is CCc1c(F)ccc2cc(O)cc(-c3ncc4c(N5CCC[C@@](C)(O)C5)nc(OC[C@@]56CCCN5[C@H](COC(=O)c5ccc(CN7CCC(c8ccc9c(c8)n(C)c(=O)n9C8CCC(=O)NC8=O)CC7)cc5)CC6)nc4c3F)c12. The smallest absolute Gasteiger partial charge is 0.338 e. The van der Waals surface area contributed by atoms with Crippen LogP contribution in [0.3, 0.4) is 0 Å². The molecule has 1 unspecified atom stereocenters. The van der Waals surface area contributed by atoms with Gasteiger partial charge < -0.3 is 24.6 Å². The summed E-state index contributed by atoms with van der Waals surface area (Å²) >= 11 is 0. The first kappa shape index (κ1) is 52.4. The number of ether oxygens (including phenoxy) is 2. The third-order valence-corrected chi connectivity index (χ3v) is 17.6. The van der Waals surface area contributed by atoms with Crippen molar-refractivity contribution in [2.75, 3.05) is 50.8 Å². The Hall–Kier alpha value is -7.35. The third kappa shape index (κ3) is 9.77. The van der Waals surface area contributed by atoms with Gasteiger partial charge in [0.15, 0.2) is 5.82 Å². The zero-order chi connectivity index (χ0) is 54.9. The number of hydrogen-bond acceptors (Lipinski definition) is 14. The van der Waals surface area contributed by atoms with Crippen LogP contribution in [0, 0.1) is 11.6 Å². The molecule has 8 heterocycles. The van der Waals surface area contributed by atoms with Gasteiger partial charge in [-0.2, -0.15) is 9.97 Å². The number of β-amino-alcohol motifs (C(OH)–C–C–N with tert-alkyl or cyclic N) is 1. The number of carbonyl (C=O) groups excluding carboxylic acids is 3. The zero-order valence-corrected chi connectivity index (χ0v) is 44.8. The first-order valence-corrected chi connectivity index (χ1v) is 27.8. The Morgan fingerprint density at radius 3 is 2.47 bits per heavy atom. The van der Waals surface area contributed by atoms with E-state index in [1.54, 1.807) is 24.6 Å². The van der Waals surface area contributed by atoms with Crippen molar-refractivity contribution in [3.63, 3.8) is 0 Å². The highest BCUT2D eigenvalue weighted by Crippen LogP contribution is 2.44. The molecule has 17 nitrogen and oxygen atoms in total. The second-order valence-electron chi connectivity index (χ2n) is 22.8. The van der Waals surface area contributed by atoms with E-state index < -0.39 is 29.2 Å². The van der Waals surface area contributed by atoms with Crippen LogP contribution in [0.25, 0.3) is 44.0 Å². The van der Waals surface area contributed by atoms with Crippen LogP contribution in [0.5, 0.6) is 11.8 Å². The maximum absolute atomic E-state index is 17.3. The second kappa shape index (κ2) is 20.7. The predicted molar refractivity (Wildman–Crippen MR) is 293 cm³/mol. The Morgan fingerprint density at radius 1 is 0.899 bits per heavy atom. The summed E-state index contributed by atoms with van der Waals surface area (Å²) in [5, 5.41) is 25.6. The number of aliphatic hydroxyl groups is 1. The molecule has 412 valence electrons. The minimum Gasteiger partial charge on any atom is -0.508 e. The number of imidazole rings is 1. The Morgan fingerprint density at radius 2 is 1.70 bits per heavy atom. The summed E-state index contributed by atoms with van der Waals surface area (Å²) in [6.07, 6.45) is 8.81. The molecule has 4 atom stereocenters. The standard InChI is InChI=1S/C60H65F2N9O8/c1-4-42-45(61)13-11-39-27-41(72)29-43(50(39)42)52-51(62)53-44(30-63-52)54(69-23-5-20-59(2,77)33-69)66-57(65-53)79-34-60-21-6-24-70(60)40(17-22-60)32-78-56(75)37-9-7-35(8-10-37)31-68-25-18-36(19-26-68)38-12-14-46-48(28-38)67(3)58(76)71(46)47-15-16-49(73)64-55(47)74/h7-14,27-30,36,40,47,72,77H,4-6,15-26,31-34H2,1-3H3,(H,64,73,74)/t40-,47?,59+,60-/m0/s1. The number of likely N-dealkylation sites (tertiary alicyclic amines) is 1. The van der Waals surface area contributed by atoms with Crippen LogP contribution in [0.15, 0.2) is 77.7 Å². The molecule has 7 aromatic rings. The van der Waals surface area contributed by atoms with Crippen LogP contribution in [0.2, 0.25) is 0 Å². The van der Waals surface area contributed by atoms with Crippen LogP contribution in [-0.2, 0) is 34.3 Å². The van der Waals surface area contributed by atoms with Gasteiger partial charge in [0, 0.05) is 50.9 Å². The highest BCUT2D eigenvalue weighted by molar-refractivity contribution is 6.02. The van der Waals surface area contributed by atoms with E-state index in [1.165, 1.54) is 29.0 Å². The van der Waals surface area contributed by atoms with E-state index >= 15 is 8.78 Å². The molecule has 5 saturated heterocycles. The molecule has 19 heteroatoms. The Labute approximate surface area is 455 Å². The molecule has 12 rings (SSSR count). The van der Waals surface area contributed by atoms with Crippen LogP contribution in [-0.4, -0.2) is 125 Å². The van der Waals surface area contributed by atoms with E-state index in [2.05, 4.69) is 32.2 Å². The van der Waals surface area contributed by atoms with E-state index in [0.29, 0.717) is 76.8 Å². The van der Waals surface area contributed by atoms with E-state index in [1.807, 2.05) is 42.2 Å². The average molecular weight is 1080 g/mol. The Balaban J connectivity index is 0.690. The van der Waals surface area contributed by atoms with Crippen molar-refractivity contribution in [1.29, 1.82) is 0 Å². The molecule has 0 spiro atoms. The second-order valence-corrected chi connectivity index (χ2v) is 22.8. The number of halogens is 2. The van der Waals surface area contributed by atoms with Crippen molar-refractivity contribution in [2.24, 2.45) is 7.05 Å². The van der Waals surface area contributed by atoms with Gasteiger partial charge in [-0.1, -0.05) is 31.2 Å². The average Bonchev–Trinajstić information content (AvgIpc) is 4.32. The lowest BCUT2D eigenvalue weighted by molar-refractivity contribution is -0.135. The molecule has 5 fully saturated rings. The number of anilines is 1. The van der Waals surface area contributed by atoms with Crippen LogP contribution in [0.4, 0.5) is 14.6 Å². The zero-order valence-electron chi connectivity index (χ0n) is 44.8. The van der Waals surface area contributed by atoms with Gasteiger partial charge in [0.25, 0.3) is 0 Å². The molecule has 5 aliphatic rings. The van der Waals surface area contributed by atoms with Crippen molar-refractivity contribution in [3.8, 4) is 23.0 Å². The molecule has 2 amide bonds. The number of aromatic nitrogens is 5. The summed E-state index contributed by atoms with van der Waals surface area (Å²) in [6, 6.07) is 18.7. The topological polar surface area (TPSA) is 197 Å². The number of nitrogens with one attached hydrogen (secondary N) is 1. The van der Waals surface area contributed by atoms with Crippen molar-refractivity contribution in [2.45, 2.75) is 120 Å². The Kier molecular flexibility index (Phi) is 13.7. The number of piperidine rings is 3. The number of aromatic hydroxyl groups is 1. The Bertz CT molecular complexity index is 3630. The third-order valence-electron chi connectivity index (χ3n) is 17.6. The number of hydrogen-bond donors (Lipinski definition) is 3. The summed E-state index contributed by atoms with van der Waals surface area (Å²) in [6.45, 7) is 8.13. The lowest BCUT2D eigenvalue weighted by Crippen LogP contribution is -2.48. The molecular weight excluding hydrogens is 1010 g/mol. The summed E-state index contributed by atoms with van der Waals surface area (Å²) in [5.74, 6) is -1.78. The van der Waals surface area contributed by atoms with Crippen LogP contribution in [0.1, 0.15) is 117 Å². The van der Waals surface area contributed by atoms with Gasteiger partial charge in [-0.25, -0.2) is 18.4 Å². The number of amides is 2. The van der Waals surface area contributed by atoms with Gasteiger partial charge in [0.05, 0.1) is 33.1 Å². The minimum absolute atomic E-state index is 0.0283. The molecule has 0 saturated carbocycles. The lowest BCUT2D eigenvalue weighted by atomic mass is 9.89. The normalized spacial score (nSPS) is 23.2. The number of carbonyl (C=O) groups is 3. The molecule has 0 aliphatic carbocycles. The summed E-state index contributed by atoms with van der Waals surface area (Å²) in [4.78, 5) is 72.2. The summed E-state index contributed by atoms with van der Waals surface area (Å²) < 4.78 is 48.1. The van der Waals surface area contributed by atoms with Gasteiger partial charge in [-0.15, -0.1) is 0 Å². The van der Waals surface area contributed by atoms with E-state index in [4.69, 9.17) is 19.4 Å². The maximum atomic E-state index is 17.3. The fraction of sp³-hybridized carbons (Fsp3) is 0.450. The summed E-state index contributed by atoms with van der Waals surface area (Å²) in [5.41, 5.74) is 2.98. The van der Waals surface area contributed by atoms with Gasteiger partial charge in [0.2, 0.25) is 11.8 Å². The van der Waals surface area contributed by atoms with Gasteiger partial charge in [-0.05, 0) is 167 Å². The molecule has 3 N–H and O–H groups in total. The summed E-state index contributed by atoms with van der Waals surface area (Å²) in [7, 11) is 1.72. The fourth-order valence-electron chi connectivity index (χ4n) is 13.5. The first-order valence-electron chi connectivity index (χ1n) is 27.8. The quantitative estimate of drug-likeness (QED) is 0.0742. The number of esters is 1. The van der Waals surface area contributed by atoms with Crippen LogP contribution >= 0.6 is 0 Å². The van der Waals surface area contributed by atoms with Crippen LogP contribution < -0.4 is 20.6 Å². The molecule has 5 aliphatic heterocycles. The predicted octanol–water partition coefficient (Wildman–Crippen LogP) is 7.99. The molecular formula is C60H65F2N9O8. The molecule has 4 aromatic carbocycles. The van der Waals surface area contributed by atoms with Crippen molar-refractivity contribution in [1.82, 2.24) is 39.2 Å². The molecule has 3 aromatic heterocycles. The highest BCUT2D eigenvalue weighted by atomic mass is 19.1. The van der Waals surface area contributed by atoms with Crippen molar-refractivity contribution in [3.05, 3.63) is 117 Å². The van der Waals surface area contributed by atoms with E-state index in [9.17, 15) is 29.4 Å². The monoisotopic (exact) mass is 1080 g/mol.